The Bertz CT molecular complexity index is 573. The van der Waals surface area contributed by atoms with Crippen molar-refractivity contribution < 1.29 is 9.59 Å². The largest absolute Gasteiger partial charge is 0.339 e. The molecule has 112 valence electrons. The first-order valence-electron chi connectivity index (χ1n) is 6.86. The summed E-state index contributed by atoms with van der Waals surface area (Å²) in [5, 5.41) is 3.44. The Morgan fingerprint density at radius 2 is 2.19 bits per heavy atom. The Morgan fingerprint density at radius 3 is 2.86 bits per heavy atom. The van der Waals surface area contributed by atoms with Crippen molar-refractivity contribution in [2.75, 3.05) is 12.0 Å². The van der Waals surface area contributed by atoms with Gasteiger partial charge in [-0.2, -0.15) is 11.8 Å². The predicted molar refractivity (Wildman–Crippen MR) is 87.7 cm³/mol. The van der Waals surface area contributed by atoms with Crippen LogP contribution in [0.4, 0.5) is 0 Å². The third kappa shape index (κ3) is 3.50. The molecule has 0 aromatic heterocycles. The van der Waals surface area contributed by atoms with Gasteiger partial charge in [-0.25, -0.2) is 0 Å². The number of carbonyl (C=O) groups excluding carboxylic acids is 2. The van der Waals surface area contributed by atoms with Gasteiger partial charge in [0, 0.05) is 22.8 Å². The van der Waals surface area contributed by atoms with Crippen LogP contribution in [-0.2, 0) is 15.1 Å². The molecule has 0 fully saturated rings. The highest BCUT2D eigenvalue weighted by molar-refractivity contribution is 7.98. The zero-order chi connectivity index (χ0) is 15.3. The van der Waals surface area contributed by atoms with E-state index in [1.165, 1.54) is 0 Å². The summed E-state index contributed by atoms with van der Waals surface area (Å²) in [5.74, 6) is 0.501. The van der Waals surface area contributed by atoms with Crippen LogP contribution in [0.2, 0.25) is 5.02 Å². The van der Waals surface area contributed by atoms with E-state index in [2.05, 4.69) is 5.32 Å². The van der Waals surface area contributed by atoms with Gasteiger partial charge in [-0.15, -0.1) is 0 Å². The number of benzene rings is 1. The molecule has 1 N–H and O–H groups in total. The fraction of sp³-hybridized carbons (Fsp3) is 0.375. The van der Waals surface area contributed by atoms with E-state index < -0.39 is 5.54 Å². The number of amides is 1. The Labute approximate surface area is 134 Å². The molecule has 1 amide bonds. The van der Waals surface area contributed by atoms with Gasteiger partial charge in [-0.05, 0) is 31.2 Å². The number of carbonyl (C=O) groups is 2. The van der Waals surface area contributed by atoms with E-state index in [0.717, 1.165) is 12.2 Å². The van der Waals surface area contributed by atoms with Crippen molar-refractivity contribution in [3.8, 4) is 0 Å². The lowest BCUT2D eigenvalue weighted by Gasteiger charge is -2.35. The number of allylic oxidation sites excluding steroid dienone is 1. The number of halogens is 1. The fourth-order valence-electron chi connectivity index (χ4n) is 2.52. The lowest BCUT2D eigenvalue weighted by atomic mass is 9.78. The Balaban J connectivity index is 2.36. The third-order valence-electron chi connectivity index (χ3n) is 3.60. The molecule has 0 saturated carbocycles. The summed E-state index contributed by atoms with van der Waals surface area (Å²) in [6.07, 6.45) is 7.00. The molecule has 1 atom stereocenters. The van der Waals surface area contributed by atoms with Gasteiger partial charge in [0.1, 0.15) is 5.54 Å². The highest BCUT2D eigenvalue weighted by atomic mass is 35.5. The van der Waals surface area contributed by atoms with Crippen LogP contribution < -0.4 is 5.32 Å². The van der Waals surface area contributed by atoms with Crippen molar-refractivity contribution in [1.82, 2.24) is 5.32 Å². The monoisotopic (exact) mass is 323 g/mol. The summed E-state index contributed by atoms with van der Waals surface area (Å²) in [6, 6.07) is 7.22. The summed E-state index contributed by atoms with van der Waals surface area (Å²) < 4.78 is 0. The molecule has 0 spiro atoms. The number of hydrogen-bond donors (Lipinski definition) is 1. The standard InChI is InChI=1S/C16H18ClNO2S/c1-21-11-9-15(20)18-16(10-5-4-8-14(16)19)12-6-2-3-7-13(12)17/h2-4,6-8H,5,9-11H2,1H3,(H,18,20). The summed E-state index contributed by atoms with van der Waals surface area (Å²) in [6.45, 7) is 0. The van der Waals surface area contributed by atoms with E-state index in [1.807, 2.05) is 30.5 Å². The van der Waals surface area contributed by atoms with Crippen LogP contribution in [0, 0.1) is 0 Å². The molecule has 3 nitrogen and oxygen atoms in total. The molecule has 1 aromatic rings. The van der Waals surface area contributed by atoms with Gasteiger partial charge in [0.15, 0.2) is 5.78 Å². The Kier molecular flexibility index (Phi) is 5.48. The van der Waals surface area contributed by atoms with Gasteiger partial charge in [0.05, 0.1) is 0 Å². The average Bonchev–Trinajstić information content (AvgIpc) is 2.48. The SMILES string of the molecule is CSCCC(=O)NC1(c2ccccc2Cl)CCC=CC1=O. The van der Waals surface area contributed by atoms with Gasteiger partial charge < -0.3 is 5.32 Å². The van der Waals surface area contributed by atoms with Crippen LogP contribution in [0.5, 0.6) is 0 Å². The van der Waals surface area contributed by atoms with E-state index >= 15 is 0 Å². The maximum Gasteiger partial charge on any atom is 0.221 e. The summed E-state index contributed by atoms with van der Waals surface area (Å²) >= 11 is 7.87. The molecular weight excluding hydrogens is 306 g/mol. The first-order chi connectivity index (χ1) is 10.1. The molecule has 0 bridgehead atoms. The molecule has 21 heavy (non-hydrogen) atoms. The number of thioether (sulfide) groups is 1. The fourth-order valence-corrected chi connectivity index (χ4v) is 3.20. The van der Waals surface area contributed by atoms with Crippen LogP contribution in [0.3, 0.4) is 0 Å². The van der Waals surface area contributed by atoms with E-state index in [1.54, 1.807) is 23.9 Å². The van der Waals surface area contributed by atoms with Crippen molar-refractivity contribution >= 4 is 35.1 Å². The lowest BCUT2D eigenvalue weighted by molar-refractivity contribution is -0.130. The molecule has 0 aliphatic heterocycles. The number of nitrogens with one attached hydrogen (secondary N) is 1. The van der Waals surface area contributed by atoms with Gasteiger partial charge in [-0.3, -0.25) is 9.59 Å². The zero-order valence-corrected chi connectivity index (χ0v) is 13.5. The third-order valence-corrected chi connectivity index (χ3v) is 4.54. The summed E-state index contributed by atoms with van der Waals surface area (Å²) in [7, 11) is 0. The molecule has 5 heteroatoms. The van der Waals surface area contributed by atoms with Crippen molar-refractivity contribution in [3.63, 3.8) is 0 Å². The summed E-state index contributed by atoms with van der Waals surface area (Å²) in [4.78, 5) is 24.7. The minimum Gasteiger partial charge on any atom is -0.339 e. The van der Waals surface area contributed by atoms with Gasteiger partial charge in [0.25, 0.3) is 0 Å². The second kappa shape index (κ2) is 7.14. The first-order valence-corrected chi connectivity index (χ1v) is 8.63. The van der Waals surface area contributed by atoms with Crippen LogP contribution in [-0.4, -0.2) is 23.7 Å². The van der Waals surface area contributed by atoms with E-state index in [9.17, 15) is 9.59 Å². The van der Waals surface area contributed by atoms with Gasteiger partial charge in [0.2, 0.25) is 5.91 Å². The predicted octanol–water partition coefficient (Wildman–Crippen LogP) is 3.32. The molecule has 1 unspecified atom stereocenters. The van der Waals surface area contributed by atoms with Crippen molar-refractivity contribution in [2.24, 2.45) is 0 Å². The highest BCUT2D eigenvalue weighted by Crippen LogP contribution is 2.35. The van der Waals surface area contributed by atoms with Crippen LogP contribution in [0.1, 0.15) is 24.8 Å². The van der Waals surface area contributed by atoms with Gasteiger partial charge in [-0.1, -0.05) is 35.9 Å². The number of hydrogen-bond acceptors (Lipinski definition) is 3. The smallest absolute Gasteiger partial charge is 0.221 e. The molecule has 1 aromatic carbocycles. The van der Waals surface area contributed by atoms with Crippen LogP contribution in [0.25, 0.3) is 0 Å². The average molecular weight is 324 g/mol. The van der Waals surface area contributed by atoms with Crippen LogP contribution >= 0.6 is 23.4 Å². The molecule has 0 radical (unpaired) electrons. The van der Waals surface area contributed by atoms with Crippen molar-refractivity contribution in [3.05, 3.63) is 47.0 Å². The lowest BCUT2D eigenvalue weighted by Crippen LogP contribution is -2.52. The number of ketones is 1. The molecule has 0 saturated heterocycles. The topological polar surface area (TPSA) is 46.2 Å². The van der Waals surface area contributed by atoms with Crippen molar-refractivity contribution in [1.29, 1.82) is 0 Å². The normalized spacial score (nSPS) is 21.3. The second-order valence-electron chi connectivity index (χ2n) is 4.98. The minimum absolute atomic E-state index is 0.112. The van der Waals surface area contributed by atoms with Crippen molar-refractivity contribution in [2.45, 2.75) is 24.8 Å². The molecule has 0 heterocycles. The van der Waals surface area contributed by atoms with E-state index in [-0.39, 0.29) is 11.7 Å². The van der Waals surface area contributed by atoms with E-state index in [4.69, 9.17) is 11.6 Å². The summed E-state index contributed by atoms with van der Waals surface area (Å²) in [5.41, 5.74) is -0.346. The number of rotatable bonds is 5. The Morgan fingerprint density at radius 1 is 1.43 bits per heavy atom. The first kappa shape index (κ1) is 16.1. The maximum absolute atomic E-state index is 12.5. The molecular formula is C16H18ClNO2S. The molecule has 1 aliphatic carbocycles. The quantitative estimate of drug-likeness (QED) is 0.904. The second-order valence-corrected chi connectivity index (χ2v) is 6.37. The maximum atomic E-state index is 12.5. The van der Waals surface area contributed by atoms with Gasteiger partial charge >= 0.3 is 0 Å². The minimum atomic E-state index is -1.03. The Hall–Kier alpha value is -1.26. The van der Waals surface area contributed by atoms with E-state index in [0.29, 0.717) is 23.4 Å². The zero-order valence-electron chi connectivity index (χ0n) is 11.9. The van der Waals surface area contributed by atoms with Crippen LogP contribution in [0.15, 0.2) is 36.4 Å². The highest BCUT2D eigenvalue weighted by Gasteiger charge is 2.42. The molecule has 1 aliphatic rings. The molecule has 2 rings (SSSR count).